The van der Waals surface area contributed by atoms with Crippen LogP contribution in [-0.4, -0.2) is 67.6 Å². The Morgan fingerprint density at radius 1 is 1.00 bits per heavy atom. The molecule has 0 aromatic heterocycles. The number of sulfonamides is 1. The molecule has 154 valence electrons. The fourth-order valence-electron chi connectivity index (χ4n) is 3.28. The summed E-state index contributed by atoms with van der Waals surface area (Å²) in [4.78, 5) is 27.1. The molecule has 2 aromatic carbocycles. The molecule has 1 aliphatic rings. The Hall–Kier alpha value is -2.71. The molecule has 1 aliphatic heterocycles. The molecule has 0 saturated carbocycles. The Morgan fingerprint density at radius 2 is 1.62 bits per heavy atom. The Morgan fingerprint density at radius 3 is 2.17 bits per heavy atom. The number of amides is 2. The highest BCUT2D eigenvalue weighted by molar-refractivity contribution is 7.89. The van der Waals surface area contributed by atoms with Crippen molar-refractivity contribution in [2.45, 2.75) is 18.4 Å². The van der Waals surface area contributed by atoms with Crippen molar-refractivity contribution in [3.8, 4) is 0 Å². The highest BCUT2D eigenvalue weighted by atomic mass is 32.2. The maximum Gasteiger partial charge on any atom is 0.254 e. The largest absolute Gasteiger partial charge is 0.343 e. The number of nitrogens with zero attached hydrogens (tertiary/aromatic N) is 3. The average molecular weight is 416 g/mol. The fourth-order valence-corrected chi connectivity index (χ4v) is 4.70. The Bertz CT molecular complexity index is 938. The van der Waals surface area contributed by atoms with Crippen LogP contribution in [0.5, 0.6) is 0 Å². The molecule has 1 heterocycles. The minimum Gasteiger partial charge on any atom is -0.343 e. The molecule has 0 unspecified atom stereocenters. The second-order valence-electron chi connectivity index (χ2n) is 6.87. The van der Waals surface area contributed by atoms with Crippen LogP contribution in [0.4, 0.5) is 0 Å². The van der Waals surface area contributed by atoms with Crippen molar-refractivity contribution < 1.29 is 18.0 Å². The van der Waals surface area contributed by atoms with Crippen LogP contribution in [0.15, 0.2) is 59.5 Å². The van der Waals surface area contributed by atoms with Gasteiger partial charge in [-0.05, 0) is 36.8 Å². The topological polar surface area (TPSA) is 78.0 Å². The maximum absolute atomic E-state index is 12.8. The van der Waals surface area contributed by atoms with Crippen molar-refractivity contribution in [2.75, 3.05) is 32.7 Å². The normalized spacial score (nSPS) is 15.1. The predicted octanol–water partition coefficient (Wildman–Crippen LogP) is 1.81. The van der Waals surface area contributed by atoms with Crippen LogP contribution in [0, 0.1) is 0 Å². The van der Waals surface area contributed by atoms with Gasteiger partial charge in [-0.3, -0.25) is 9.59 Å². The van der Waals surface area contributed by atoms with Gasteiger partial charge in [0.1, 0.15) is 0 Å². The number of hydrogen-bond acceptors (Lipinski definition) is 4. The summed E-state index contributed by atoms with van der Waals surface area (Å²) in [7, 11) is -3.64. The molecule has 0 radical (unpaired) electrons. The van der Waals surface area contributed by atoms with Crippen LogP contribution in [0.1, 0.15) is 22.8 Å². The lowest BCUT2D eigenvalue weighted by Crippen LogP contribution is -2.47. The summed E-state index contributed by atoms with van der Waals surface area (Å²) in [6, 6.07) is 15.8. The van der Waals surface area contributed by atoms with Gasteiger partial charge >= 0.3 is 0 Å². The van der Waals surface area contributed by atoms with E-state index in [1.807, 2.05) is 37.3 Å². The summed E-state index contributed by atoms with van der Waals surface area (Å²) in [5.74, 6) is -0.139. The van der Waals surface area contributed by atoms with Gasteiger partial charge in [0.05, 0.1) is 4.90 Å². The van der Waals surface area contributed by atoms with Crippen LogP contribution in [0.25, 0.3) is 0 Å². The van der Waals surface area contributed by atoms with Gasteiger partial charge < -0.3 is 9.80 Å². The zero-order valence-corrected chi connectivity index (χ0v) is 17.2. The van der Waals surface area contributed by atoms with Gasteiger partial charge in [0.15, 0.2) is 0 Å². The standard InChI is InChI=1S/C21H25N3O4S/c1-2-23(16-18-6-4-3-5-7-18)21(26)19-8-10-20(11-9-19)29(27,28)24-14-12-22(17-25)13-15-24/h3-11,17H,2,12-16H2,1H3. The van der Waals surface area contributed by atoms with E-state index >= 15 is 0 Å². The van der Waals surface area contributed by atoms with E-state index in [9.17, 15) is 18.0 Å². The van der Waals surface area contributed by atoms with Crippen LogP contribution in [0.2, 0.25) is 0 Å². The molecule has 8 heteroatoms. The molecule has 0 bridgehead atoms. The SMILES string of the molecule is CCN(Cc1ccccc1)C(=O)c1ccc(S(=O)(=O)N2CCN(C=O)CC2)cc1. The molecule has 29 heavy (non-hydrogen) atoms. The van der Waals surface area contributed by atoms with Crippen molar-refractivity contribution >= 4 is 22.3 Å². The van der Waals surface area contributed by atoms with Crippen molar-refractivity contribution in [2.24, 2.45) is 0 Å². The fraction of sp³-hybridized carbons (Fsp3) is 0.333. The van der Waals surface area contributed by atoms with E-state index in [0.29, 0.717) is 31.7 Å². The highest BCUT2D eigenvalue weighted by Crippen LogP contribution is 2.19. The third kappa shape index (κ3) is 4.83. The van der Waals surface area contributed by atoms with E-state index in [0.717, 1.165) is 12.0 Å². The lowest BCUT2D eigenvalue weighted by molar-refractivity contribution is -0.119. The van der Waals surface area contributed by atoms with Gasteiger partial charge in [-0.25, -0.2) is 8.42 Å². The van der Waals surface area contributed by atoms with E-state index < -0.39 is 10.0 Å². The molecule has 2 amide bonds. The van der Waals surface area contributed by atoms with Gasteiger partial charge in [0.25, 0.3) is 5.91 Å². The lowest BCUT2D eigenvalue weighted by Gasteiger charge is -2.31. The van der Waals surface area contributed by atoms with Crippen molar-refractivity contribution in [3.05, 3.63) is 65.7 Å². The Labute approximate surface area is 171 Å². The molecule has 0 aliphatic carbocycles. The first-order valence-corrected chi connectivity index (χ1v) is 11.0. The molecule has 3 rings (SSSR count). The first kappa shape index (κ1) is 21.0. The first-order chi connectivity index (χ1) is 14.0. The minimum absolute atomic E-state index is 0.139. The van der Waals surface area contributed by atoms with Crippen LogP contribution >= 0.6 is 0 Å². The van der Waals surface area contributed by atoms with Crippen LogP contribution in [0.3, 0.4) is 0 Å². The second-order valence-corrected chi connectivity index (χ2v) is 8.81. The number of carbonyl (C=O) groups excluding carboxylic acids is 2. The number of rotatable bonds is 7. The number of carbonyl (C=O) groups is 2. The summed E-state index contributed by atoms with van der Waals surface area (Å²) in [5, 5.41) is 0. The highest BCUT2D eigenvalue weighted by Gasteiger charge is 2.28. The molecule has 7 nitrogen and oxygen atoms in total. The Kier molecular flexibility index (Phi) is 6.66. The van der Waals surface area contributed by atoms with Gasteiger partial charge in [-0.2, -0.15) is 4.31 Å². The smallest absolute Gasteiger partial charge is 0.254 e. The lowest BCUT2D eigenvalue weighted by atomic mass is 10.1. The number of piperazine rings is 1. The monoisotopic (exact) mass is 415 g/mol. The molecule has 0 N–H and O–H groups in total. The molecular formula is C21H25N3O4S. The van der Waals surface area contributed by atoms with Crippen molar-refractivity contribution in [3.63, 3.8) is 0 Å². The summed E-state index contributed by atoms with van der Waals surface area (Å²) in [6.45, 7) is 4.25. The molecule has 2 aromatic rings. The summed E-state index contributed by atoms with van der Waals surface area (Å²) in [6.07, 6.45) is 0.735. The number of benzene rings is 2. The number of hydrogen-bond donors (Lipinski definition) is 0. The van der Waals surface area contributed by atoms with E-state index in [1.54, 1.807) is 21.9 Å². The molecule has 0 spiro atoms. The van der Waals surface area contributed by atoms with Crippen molar-refractivity contribution in [1.29, 1.82) is 0 Å². The minimum atomic E-state index is -3.64. The van der Waals surface area contributed by atoms with Gasteiger partial charge in [-0.1, -0.05) is 30.3 Å². The average Bonchev–Trinajstić information content (AvgIpc) is 2.78. The quantitative estimate of drug-likeness (QED) is 0.646. The van der Waals surface area contributed by atoms with Crippen LogP contribution in [-0.2, 0) is 21.4 Å². The Balaban J connectivity index is 1.71. The summed E-state index contributed by atoms with van der Waals surface area (Å²) < 4.78 is 27.0. The molecule has 1 saturated heterocycles. The van der Waals surface area contributed by atoms with Gasteiger partial charge in [0, 0.05) is 44.8 Å². The maximum atomic E-state index is 12.8. The van der Waals surface area contributed by atoms with Gasteiger partial charge in [-0.15, -0.1) is 0 Å². The van der Waals surface area contributed by atoms with E-state index in [4.69, 9.17) is 0 Å². The summed E-state index contributed by atoms with van der Waals surface area (Å²) in [5.41, 5.74) is 1.49. The third-order valence-corrected chi connectivity index (χ3v) is 6.96. The zero-order chi connectivity index (χ0) is 20.9. The second kappa shape index (κ2) is 9.19. The van der Waals surface area contributed by atoms with Crippen LogP contribution < -0.4 is 0 Å². The van der Waals surface area contributed by atoms with Gasteiger partial charge in [0.2, 0.25) is 16.4 Å². The van der Waals surface area contributed by atoms with E-state index in [-0.39, 0.29) is 23.9 Å². The predicted molar refractivity (Wildman–Crippen MR) is 110 cm³/mol. The first-order valence-electron chi connectivity index (χ1n) is 9.58. The summed E-state index contributed by atoms with van der Waals surface area (Å²) >= 11 is 0. The molecule has 0 atom stereocenters. The molecular weight excluding hydrogens is 390 g/mol. The zero-order valence-electron chi connectivity index (χ0n) is 16.4. The van der Waals surface area contributed by atoms with E-state index in [2.05, 4.69) is 0 Å². The van der Waals surface area contributed by atoms with Crippen molar-refractivity contribution in [1.82, 2.24) is 14.1 Å². The molecule has 1 fully saturated rings. The third-order valence-electron chi connectivity index (χ3n) is 5.05. The van der Waals surface area contributed by atoms with E-state index in [1.165, 1.54) is 16.4 Å².